The Morgan fingerprint density at radius 3 is 2.37 bits per heavy atom. The van der Waals surface area contributed by atoms with Gasteiger partial charge in [-0.15, -0.1) is 0 Å². The summed E-state index contributed by atoms with van der Waals surface area (Å²) in [5, 5.41) is 21.5. The van der Waals surface area contributed by atoms with Gasteiger partial charge in [0.1, 0.15) is 0 Å². The van der Waals surface area contributed by atoms with Gasteiger partial charge in [0.05, 0.1) is 12.2 Å². The highest BCUT2D eigenvalue weighted by Crippen LogP contribution is 2.67. The number of rotatable bonds is 5. The molecule has 0 aromatic heterocycles. The normalized spacial score (nSPS) is 47.8. The van der Waals surface area contributed by atoms with Gasteiger partial charge in [-0.2, -0.15) is 0 Å². The van der Waals surface area contributed by atoms with Crippen molar-refractivity contribution < 1.29 is 10.2 Å². The molecule has 0 amide bonds. The summed E-state index contributed by atoms with van der Waals surface area (Å²) in [6, 6.07) is 0. The molecule has 4 aliphatic rings. The van der Waals surface area contributed by atoms with Crippen molar-refractivity contribution in [1.82, 2.24) is 0 Å². The van der Waals surface area contributed by atoms with E-state index in [-0.39, 0.29) is 17.6 Å². The second-order valence-electron chi connectivity index (χ2n) is 12.8. The molecule has 0 aliphatic heterocycles. The molecule has 0 heterocycles. The molecule has 0 spiro atoms. The Morgan fingerprint density at radius 2 is 1.67 bits per heavy atom. The SMILES string of the molecule is CC(C)[C@H](C)CC[C@@H](C)[C@H]1CC[C@H]2[C@@H]3C(O)C=C4C[C@@H](O)CC[C@]4(C)[C@H]3CC[C@]12C. The van der Waals surface area contributed by atoms with E-state index in [1.54, 1.807) is 0 Å². The molecule has 4 rings (SSSR count). The van der Waals surface area contributed by atoms with E-state index >= 15 is 0 Å². The first-order valence-corrected chi connectivity index (χ1v) is 13.1. The van der Waals surface area contributed by atoms with E-state index in [9.17, 15) is 10.2 Å². The van der Waals surface area contributed by atoms with Crippen LogP contribution in [0.5, 0.6) is 0 Å². The zero-order chi connectivity index (χ0) is 21.8. The Bertz CT molecular complexity index is 653. The van der Waals surface area contributed by atoms with E-state index in [0.717, 1.165) is 42.9 Å². The van der Waals surface area contributed by atoms with Crippen LogP contribution in [-0.2, 0) is 0 Å². The van der Waals surface area contributed by atoms with Crippen LogP contribution in [0.25, 0.3) is 0 Å². The summed E-state index contributed by atoms with van der Waals surface area (Å²) < 4.78 is 0. The van der Waals surface area contributed by atoms with Crippen LogP contribution in [0.2, 0.25) is 0 Å². The lowest BCUT2D eigenvalue weighted by Crippen LogP contribution is -2.54. The molecule has 2 heteroatoms. The zero-order valence-corrected chi connectivity index (χ0v) is 20.5. The average Bonchev–Trinajstić information content (AvgIpc) is 3.04. The third-order valence-electron chi connectivity index (χ3n) is 11.1. The van der Waals surface area contributed by atoms with Gasteiger partial charge in [0, 0.05) is 0 Å². The molecule has 2 nitrogen and oxygen atoms in total. The molecule has 0 bridgehead atoms. The monoisotopic (exact) mass is 416 g/mol. The number of aliphatic hydroxyl groups is 2. The van der Waals surface area contributed by atoms with E-state index in [1.165, 1.54) is 44.1 Å². The van der Waals surface area contributed by atoms with Crippen molar-refractivity contribution in [2.24, 2.45) is 52.3 Å². The van der Waals surface area contributed by atoms with Crippen molar-refractivity contribution in [1.29, 1.82) is 0 Å². The number of hydrogen-bond acceptors (Lipinski definition) is 2. The molecule has 172 valence electrons. The van der Waals surface area contributed by atoms with Gasteiger partial charge in [-0.05, 0) is 97.2 Å². The van der Waals surface area contributed by atoms with Gasteiger partial charge in [-0.25, -0.2) is 0 Å². The fraction of sp³-hybridized carbons (Fsp3) is 0.929. The number of fused-ring (bicyclic) bond motifs is 5. The van der Waals surface area contributed by atoms with Gasteiger partial charge in [0.25, 0.3) is 0 Å². The summed E-state index contributed by atoms with van der Waals surface area (Å²) in [7, 11) is 0. The Balaban J connectivity index is 1.53. The smallest absolute Gasteiger partial charge is 0.0757 e. The first-order chi connectivity index (χ1) is 14.1. The van der Waals surface area contributed by atoms with Crippen LogP contribution in [0.4, 0.5) is 0 Å². The molecule has 2 N–H and O–H groups in total. The van der Waals surface area contributed by atoms with Crippen molar-refractivity contribution in [3.05, 3.63) is 11.6 Å². The minimum atomic E-state index is -0.303. The van der Waals surface area contributed by atoms with Gasteiger partial charge in [0.2, 0.25) is 0 Å². The van der Waals surface area contributed by atoms with Crippen molar-refractivity contribution in [3.63, 3.8) is 0 Å². The topological polar surface area (TPSA) is 40.5 Å². The molecule has 30 heavy (non-hydrogen) atoms. The third kappa shape index (κ3) is 3.62. The predicted molar refractivity (Wildman–Crippen MR) is 125 cm³/mol. The Kier molecular flexibility index (Phi) is 6.26. The summed E-state index contributed by atoms with van der Waals surface area (Å²) in [6.07, 6.45) is 12.5. The second kappa shape index (κ2) is 8.22. The van der Waals surface area contributed by atoms with Crippen molar-refractivity contribution in [2.45, 2.75) is 112 Å². The molecule has 0 saturated heterocycles. The minimum Gasteiger partial charge on any atom is -0.393 e. The van der Waals surface area contributed by atoms with Crippen LogP contribution in [0.3, 0.4) is 0 Å². The fourth-order valence-electron chi connectivity index (χ4n) is 8.67. The quantitative estimate of drug-likeness (QED) is 0.495. The molecule has 10 atom stereocenters. The molecule has 3 saturated carbocycles. The molecular weight excluding hydrogens is 368 g/mol. The van der Waals surface area contributed by atoms with Gasteiger partial charge < -0.3 is 10.2 Å². The first-order valence-electron chi connectivity index (χ1n) is 13.1. The van der Waals surface area contributed by atoms with E-state index in [0.29, 0.717) is 23.2 Å². The van der Waals surface area contributed by atoms with E-state index in [2.05, 4.69) is 47.6 Å². The molecule has 0 radical (unpaired) electrons. The highest BCUT2D eigenvalue weighted by molar-refractivity contribution is 5.27. The second-order valence-corrected chi connectivity index (χ2v) is 12.8. The highest BCUT2D eigenvalue weighted by atomic mass is 16.3. The molecule has 1 unspecified atom stereocenters. The summed E-state index contributed by atoms with van der Waals surface area (Å²) in [4.78, 5) is 0. The standard InChI is InChI=1S/C28H48O2/c1-17(2)18(3)7-8-19(4)22-9-10-23-26-24(12-14-28(22,23)6)27(5)13-11-21(29)15-20(27)16-25(26)30/h16-19,21-26,29-30H,7-15H2,1-6H3/t18-,19-,21+,22-,23+,24+,25?,26+,27+,28-/m1/s1. The molecule has 0 aromatic rings. The van der Waals surface area contributed by atoms with E-state index in [4.69, 9.17) is 0 Å². The van der Waals surface area contributed by atoms with Crippen molar-refractivity contribution in [2.75, 3.05) is 0 Å². The van der Waals surface area contributed by atoms with E-state index in [1.807, 2.05) is 0 Å². The molecular formula is C28H48O2. The fourth-order valence-corrected chi connectivity index (χ4v) is 8.67. The molecule has 3 fully saturated rings. The number of aliphatic hydroxyl groups excluding tert-OH is 2. The van der Waals surface area contributed by atoms with Crippen LogP contribution in [-0.4, -0.2) is 22.4 Å². The Hall–Kier alpha value is -0.340. The van der Waals surface area contributed by atoms with Crippen LogP contribution >= 0.6 is 0 Å². The summed E-state index contributed by atoms with van der Waals surface area (Å²) >= 11 is 0. The van der Waals surface area contributed by atoms with E-state index < -0.39 is 0 Å². The third-order valence-corrected chi connectivity index (χ3v) is 11.1. The van der Waals surface area contributed by atoms with Gasteiger partial charge in [-0.1, -0.05) is 66.0 Å². The summed E-state index contributed by atoms with van der Waals surface area (Å²) in [5.74, 6) is 4.92. The lowest BCUT2D eigenvalue weighted by Gasteiger charge is -2.59. The van der Waals surface area contributed by atoms with Crippen LogP contribution in [0, 0.1) is 52.3 Å². The highest BCUT2D eigenvalue weighted by Gasteiger charge is 2.61. The lowest BCUT2D eigenvalue weighted by atomic mass is 9.46. The van der Waals surface area contributed by atoms with Crippen LogP contribution in [0.1, 0.15) is 99.3 Å². The Labute approximate surface area is 185 Å². The number of hydrogen-bond donors (Lipinski definition) is 2. The lowest BCUT2D eigenvalue weighted by molar-refractivity contribution is -0.0971. The van der Waals surface area contributed by atoms with Crippen LogP contribution < -0.4 is 0 Å². The average molecular weight is 417 g/mol. The maximum absolute atomic E-state index is 11.3. The van der Waals surface area contributed by atoms with Gasteiger partial charge in [0.15, 0.2) is 0 Å². The van der Waals surface area contributed by atoms with Crippen LogP contribution in [0.15, 0.2) is 11.6 Å². The summed E-state index contributed by atoms with van der Waals surface area (Å²) in [5.41, 5.74) is 1.98. The molecule has 4 aliphatic carbocycles. The van der Waals surface area contributed by atoms with Gasteiger partial charge in [-0.3, -0.25) is 0 Å². The van der Waals surface area contributed by atoms with Gasteiger partial charge >= 0.3 is 0 Å². The largest absolute Gasteiger partial charge is 0.393 e. The maximum Gasteiger partial charge on any atom is 0.0757 e. The molecule has 0 aromatic carbocycles. The summed E-state index contributed by atoms with van der Waals surface area (Å²) in [6.45, 7) is 14.7. The predicted octanol–water partition coefficient (Wildman–Crippen LogP) is 6.61. The van der Waals surface area contributed by atoms with Crippen molar-refractivity contribution in [3.8, 4) is 0 Å². The minimum absolute atomic E-state index is 0.202. The zero-order valence-electron chi connectivity index (χ0n) is 20.5. The van der Waals surface area contributed by atoms with Crippen molar-refractivity contribution >= 4 is 0 Å². The Morgan fingerprint density at radius 1 is 0.933 bits per heavy atom. The maximum atomic E-state index is 11.3. The first kappa shape index (κ1) is 22.8.